The summed E-state index contributed by atoms with van der Waals surface area (Å²) in [5.41, 5.74) is 1.38. The van der Waals surface area contributed by atoms with Gasteiger partial charge in [0.2, 0.25) is 0 Å². The van der Waals surface area contributed by atoms with E-state index in [9.17, 15) is 13.2 Å². The van der Waals surface area contributed by atoms with Crippen molar-refractivity contribution in [1.29, 1.82) is 0 Å². The lowest BCUT2D eigenvalue weighted by Gasteiger charge is -2.24. The van der Waals surface area contributed by atoms with Gasteiger partial charge < -0.3 is 9.73 Å². The number of hydrogen-bond acceptors (Lipinski definition) is 6. The van der Waals surface area contributed by atoms with E-state index in [4.69, 9.17) is 4.42 Å². The van der Waals surface area contributed by atoms with Crippen molar-refractivity contribution < 1.29 is 17.6 Å². The summed E-state index contributed by atoms with van der Waals surface area (Å²) in [7, 11) is -1.37. The van der Waals surface area contributed by atoms with Gasteiger partial charge in [-0.2, -0.15) is 5.10 Å². The van der Waals surface area contributed by atoms with Gasteiger partial charge in [-0.05, 0) is 38.5 Å². The quantitative estimate of drug-likeness (QED) is 0.734. The highest BCUT2D eigenvalue weighted by atomic mass is 32.2. The monoisotopic (exact) mass is 388 g/mol. The molecule has 1 unspecified atom stereocenters. The Morgan fingerprint density at radius 2 is 2.19 bits per heavy atom. The number of fused-ring (bicyclic) bond motifs is 1. The number of rotatable bonds is 3. The van der Waals surface area contributed by atoms with Crippen LogP contribution in [0.2, 0.25) is 0 Å². The van der Waals surface area contributed by atoms with Gasteiger partial charge >= 0.3 is 0 Å². The van der Waals surface area contributed by atoms with E-state index in [0.29, 0.717) is 40.2 Å². The van der Waals surface area contributed by atoms with Gasteiger partial charge in [0.1, 0.15) is 5.69 Å². The van der Waals surface area contributed by atoms with Crippen LogP contribution in [0.1, 0.15) is 29.4 Å². The Morgan fingerprint density at radius 1 is 1.41 bits per heavy atom. The second-order valence-corrected chi connectivity index (χ2v) is 9.48. The molecule has 0 radical (unpaired) electrons. The fourth-order valence-electron chi connectivity index (χ4n) is 3.62. The molecule has 8 nitrogen and oxygen atoms in total. The molecule has 4 rings (SSSR count). The fraction of sp³-hybridized carbons (Fsp3) is 0.389. The molecule has 27 heavy (non-hydrogen) atoms. The Kier molecular flexibility index (Phi) is 3.88. The van der Waals surface area contributed by atoms with Gasteiger partial charge in [-0.25, -0.2) is 13.4 Å². The lowest BCUT2D eigenvalue weighted by Crippen LogP contribution is -2.47. The van der Waals surface area contributed by atoms with Gasteiger partial charge in [-0.3, -0.25) is 9.48 Å². The van der Waals surface area contributed by atoms with Crippen molar-refractivity contribution in [2.75, 3.05) is 11.5 Å². The first-order chi connectivity index (χ1) is 12.7. The van der Waals surface area contributed by atoms with Crippen LogP contribution in [0.4, 0.5) is 0 Å². The van der Waals surface area contributed by atoms with E-state index in [0.717, 1.165) is 0 Å². The molecule has 1 aliphatic rings. The molecule has 0 spiro atoms. The molecule has 0 saturated carbocycles. The lowest BCUT2D eigenvalue weighted by atomic mass is 10.0. The van der Waals surface area contributed by atoms with E-state index in [1.54, 1.807) is 43.1 Å². The molecule has 1 amide bonds. The van der Waals surface area contributed by atoms with E-state index >= 15 is 0 Å². The van der Waals surface area contributed by atoms with Gasteiger partial charge in [0.25, 0.3) is 5.91 Å². The van der Waals surface area contributed by atoms with Crippen LogP contribution in [0.25, 0.3) is 22.5 Å². The summed E-state index contributed by atoms with van der Waals surface area (Å²) < 4.78 is 30.8. The average Bonchev–Trinajstić information content (AvgIpc) is 3.27. The minimum Gasteiger partial charge on any atom is -0.463 e. The number of nitrogens with one attached hydrogen (secondary N) is 1. The molecule has 1 N–H and O–H groups in total. The molecule has 3 aromatic heterocycles. The molecule has 1 saturated heterocycles. The number of carbonyl (C=O) groups excluding carboxylic acids is 1. The minimum absolute atomic E-state index is 0.0585. The zero-order chi connectivity index (χ0) is 19.4. The van der Waals surface area contributed by atoms with E-state index < -0.39 is 15.4 Å². The van der Waals surface area contributed by atoms with Crippen molar-refractivity contribution in [3.8, 4) is 11.5 Å². The molecule has 0 aliphatic carbocycles. The average molecular weight is 388 g/mol. The maximum atomic E-state index is 13.1. The molecular formula is C18H20N4O4S. The smallest absolute Gasteiger partial charge is 0.252 e. The number of nitrogens with zero attached hydrogens (tertiary/aromatic N) is 3. The standard InChI is InChI=1S/C18H20N4O4S/c1-11-15-12(17(23)20-18(2)6-8-27(24,25)10-18)9-13(14-5-4-7-26-14)19-16(15)22(3)21-11/h4-5,7,9H,6,8,10H2,1-3H3,(H,20,23). The number of hydrogen-bond donors (Lipinski definition) is 1. The molecule has 9 heteroatoms. The third kappa shape index (κ3) is 3.12. The van der Waals surface area contributed by atoms with Crippen LogP contribution >= 0.6 is 0 Å². The van der Waals surface area contributed by atoms with Crippen molar-refractivity contribution in [2.24, 2.45) is 7.05 Å². The Morgan fingerprint density at radius 3 is 2.81 bits per heavy atom. The first-order valence-electron chi connectivity index (χ1n) is 8.59. The van der Waals surface area contributed by atoms with Gasteiger partial charge in [0, 0.05) is 7.05 Å². The Hall–Kier alpha value is -2.68. The van der Waals surface area contributed by atoms with Crippen LogP contribution in [0.3, 0.4) is 0 Å². The number of pyridine rings is 1. The highest BCUT2D eigenvalue weighted by Crippen LogP contribution is 2.29. The predicted molar refractivity (Wildman–Crippen MR) is 100 cm³/mol. The number of carbonyl (C=O) groups is 1. The maximum absolute atomic E-state index is 13.1. The van der Waals surface area contributed by atoms with Crippen molar-refractivity contribution in [2.45, 2.75) is 25.8 Å². The first-order valence-corrected chi connectivity index (χ1v) is 10.4. The summed E-state index contributed by atoms with van der Waals surface area (Å²) in [6, 6.07) is 5.18. The number of furan rings is 1. The number of amides is 1. The number of aryl methyl sites for hydroxylation is 2. The maximum Gasteiger partial charge on any atom is 0.252 e. The lowest BCUT2D eigenvalue weighted by molar-refractivity contribution is 0.0917. The Labute approximate surface area is 156 Å². The van der Waals surface area contributed by atoms with Gasteiger partial charge in [-0.15, -0.1) is 0 Å². The third-order valence-corrected chi connectivity index (χ3v) is 6.81. The van der Waals surface area contributed by atoms with E-state index in [-0.39, 0.29) is 17.4 Å². The summed E-state index contributed by atoms with van der Waals surface area (Å²) in [5.74, 6) is 0.223. The summed E-state index contributed by atoms with van der Waals surface area (Å²) in [6.45, 7) is 3.58. The summed E-state index contributed by atoms with van der Waals surface area (Å²) in [5, 5.41) is 7.94. The normalized spacial score (nSPS) is 21.6. The van der Waals surface area contributed by atoms with Crippen LogP contribution in [-0.2, 0) is 16.9 Å². The van der Waals surface area contributed by atoms with Crippen molar-refractivity contribution in [3.05, 3.63) is 35.7 Å². The molecule has 142 valence electrons. The molecule has 1 fully saturated rings. The van der Waals surface area contributed by atoms with Gasteiger partial charge in [0.15, 0.2) is 21.2 Å². The molecule has 0 aromatic carbocycles. The number of aromatic nitrogens is 3. The molecule has 3 aromatic rings. The minimum atomic E-state index is -3.13. The van der Waals surface area contributed by atoms with Crippen LogP contribution in [0, 0.1) is 6.92 Å². The highest BCUT2D eigenvalue weighted by Gasteiger charge is 2.40. The van der Waals surface area contributed by atoms with Crippen LogP contribution < -0.4 is 5.32 Å². The highest BCUT2D eigenvalue weighted by molar-refractivity contribution is 7.91. The largest absolute Gasteiger partial charge is 0.463 e. The molecule has 1 aliphatic heterocycles. The third-order valence-electron chi connectivity index (χ3n) is 4.91. The number of sulfone groups is 1. The fourth-order valence-corrected chi connectivity index (χ4v) is 5.72. The molecule has 4 heterocycles. The van der Waals surface area contributed by atoms with Crippen molar-refractivity contribution in [1.82, 2.24) is 20.1 Å². The topological polar surface area (TPSA) is 107 Å². The Balaban J connectivity index is 1.81. The second-order valence-electron chi connectivity index (χ2n) is 7.30. The predicted octanol–water partition coefficient (Wildman–Crippen LogP) is 1.84. The second kappa shape index (κ2) is 5.91. The van der Waals surface area contributed by atoms with Crippen LogP contribution in [0.5, 0.6) is 0 Å². The van der Waals surface area contributed by atoms with Crippen molar-refractivity contribution >= 4 is 26.8 Å². The van der Waals surface area contributed by atoms with Crippen LogP contribution in [-0.4, -0.2) is 46.1 Å². The molecule has 0 bridgehead atoms. The Bertz CT molecular complexity index is 1150. The molecular weight excluding hydrogens is 368 g/mol. The van der Waals surface area contributed by atoms with Gasteiger partial charge in [0.05, 0.1) is 40.0 Å². The van der Waals surface area contributed by atoms with Gasteiger partial charge in [-0.1, -0.05) is 0 Å². The summed E-state index contributed by atoms with van der Waals surface area (Å²) >= 11 is 0. The summed E-state index contributed by atoms with van der Waals surface area (Å²) in [6.07, 6.45) is 1.94. The van der Waals surface area contributed by atoms with E-state index in [1.165, 1.54) is 0 Å². The van der Waals surface area contributed by atoms with E-state index in [2.05, 4.69) is 15.4 Å². The molecule has 1 atom stereocenters. The zero-order valence-electron chi connectivity index (χ0n) is 15.3. The SMILES string of the molecule is Cc1nn(C)c2nc(-c3ccco3)cc(C(=O)NC3(C)CCS(=O)(=O)C3)c12. The summed E-state index contributed by atoms with van der Waals surface area (Å²) in [4.78, 5) is 17.7. The van der Waals surface area contributed by atoms with Crippen LogP contribution in [0.15, 0.2) is 28.9 Å². The first kappa shape index (κ1) is 17.7. The van der Waals surface area contributed by atoms with Crippen molar-refractivity contribution in [3.63, 3.8) is 0 Å². The van der Waals surface area contributed by atoms with E-state index in [1.807, 2.05) is 6.92 Å². The zero-order valence-corrected chi connectivity index (χ0v) is 16.1.